The van der Waals surface area contributed by atoms with Crippen LogP contribution in [0.4, 0.5) is 26.3 Å². The molecule has 0 atom stereocenters. The number of aromatic nitrogens is 4. The van der Waals surface area contributed by atoms with E-state index in [1.807, 2.05) is 118 Å². The normalized spacial score (nSPS) is 12.2. The molecule has 290 valence electrons. The molecule has 0 bridgehead atoms. The number of hydrogen-bond acceptors (Lipinski definition) is 3. The fourth-order valence-corrected chi connectivity index (χ4v) is 8.28. The number of alkyl halides is 6. The third-order valence-electron chi connectivity index (χ3n) is 11.0. The van der Waals surface area contributed by atoms with E-state index in [4.69, 9.17) is 0 Å². The quantitative estimate of drug-likeness (QED) is 0.163. The SMILES string of the molecule is N#Cc1c(-n2c3ccccc3c3cc(-c4ccncc4)ccc32)cc(-c2cc(C(F)(F)F)cc(C(F)(F)F)c2)cc1-n1c2ccccc2c2cc(-c3ccncc3)ccc21. The summed E-state index contributed by atoms with van der Waals surface area (Å²) in [5, 5.41) is 14.6. The minimum atomic E-state index is -5.08. The molecule has 0 amide bonds. The molecule has 0 unspecified atom stereocenters. The van der Waals surface area contributed by atoms with Gasteiger partial charge in [-0.05, 0) is 124 Å². The van der Waals surface area contributed by atoms with Crippen LogP contribution in [0.25, 0.3) is 88.4 Å². The van der Waals surface area contributed by atoms with Gasteiger partial charge in [-0.25, -0.2) is 0 Å². The van der Waals surface area contributed by atoms with Crippen molar-refractivity contribution in [3.63, 3.8) is 0 Å². The second-order valence-corrected chi connectivity index (χ2v) is 14.4. The van der Waals surface area contributed by atoms with Gasteiger partial charge in [0.2, 0.25) is 0 Å². The fourth-order valence-electron chi connectivity index (χ4n) is 8.28. The first-order valence-corrected chi connectivity index (χ1v) is 18.7. The number of rotatable bonds is 5. The van der Waals surface area contributed by atoms with Gasteiger partial charge >= 0.3 is 12.4 Å². The second-order valence-electron chi connectivity index (χ2n) is 14.4. The van der Waals surface area contributed by atoms with Crippen molar-refractivity contribution in [1.82, 2.24) is 19.1 Å². The van der Waals surface area contributed by atoms with Crippen molar-refractivity contribution in [3.8, 4) is 50.8 Å². The standard InChI is InChI=1S/C49H27F6N5/c50-48(51,52)35-21-33(22-36(27-35)49(53,54)55)34-25-46(59-42-7-3-1-5-37(42)39-23-31(9-11-44(39)59)29-13-17-57-18-14-29)41(28-56)47(26-34)60-43-8-4-2-6-38(43)40-24-32(10-12-45(40)60)30-15-19-58-20-16-30/h1-27H. The Bertz CT molecular complexity index is 3150. The summed E-state index contributed by atoms with van der Waals surface area (Å²) in [5.41, 5.74) is 3.94. The number of nitriles is 1. The van der Waals surface area contributed by atoms with Gasteiger partial charge in [0.25, 0.3) is 0 Å². The van der Waals surface area contributed by atoms with Gasteiger partial charge in [0.05, 0.1) is 44.6 Å². The zero-order valence-corrected chi connectivity index (χ0v) is 31.1. The van der Waals surface area contributed by atoms with Crippen LogP contribution in [0.15, 0.2) is 164 Å². The summed E-state index contributed by atoms with van der Waals surface area (Å²) in [7, 11) is 0. The Morgan fingerprint density at radius 1 is 0.400 bits per heavy atom. The molecular formula is C49H27F6N5. The zero-order chi connectivity index (χ0) is 41.3. The number of benzene rings is 6. The van der Waals surface area contributed by atoms with Gasteiger partial charge in [0.1, 0.15) is 11.6 Å². The highest BCUT2D eigenvalue weighted by Gasteiger charge is 2.37. The van der Waals surface area contributed by atoms with Crippen molar-refractivity contribution in [1.29, 1.82) is 5.26 Å². The van der Waals surface area contributed by atoms with Crippen molar-refractivity contribution in [2.75, 3.05) is 0 Å². The summed E-state index contributed by atoms with van der Waals surface area (Å²) < 4.78 is 89.9. The predicted octanol–water partition coefficient (Wildman–Crippen LogP) is 13.6. The van der Waals surface area contributed by atoms with E-state index in [2.05, 4.69) is 16.0 Å². The summed E-state index contributed by atoms with van der Waals surface area (Å²) in [5.74, 6) is 0. The molecule has 0 saturated carbocycles. The van der Waals surface area contributed by atoms with E-state index in [9.17, 15) is 31.6 Å². The van der Waals surface area contributed by atoms with Crippen LogP contribution in [0.2, 0.25) is 0 Å². The van der Waals surface area contributed by atoms with Gasteiger partial charge < -0.3 is 9.13 Å². The number of halogens is 6. The number of pyridine rings is 2. The molecule has 0 N–H and O–H groups in total. The van der Waals surface area contributed by atoms with E-state index in [0.29, 0.717) is 22.1 Å². The molecule has 4 heterocycles. The zero-order valence-electron chi connectivity index (χ0n) is 31.1. The van der Waals surface area contributed by atoms with Crippen LogP contribution >= 0.6 is 0 Å². The number of hydrogen-bond donors (Lipinski definition) is 0. The minimum Gasteiger partial charge on any atom is -0.308 e. The molecule has 10 aromatic rings. The first-order chi connectivity index (χ1) is 29.0. The summed E-state index contributed by atoms with van der Waals surface area (Å²) in [6, 6.07) is 41.4. The first-order valence-electron chi connectivity index (χ1n) is 18.7. The van der Waals surface area contributed by atoms with Crippen molar-refractivity contribution < 1.29 is 26.3 Å². The highest BCUT2D eigenvalue weighted by Crippen LogP contribution is 2.44. The van der Waals surface area contributed by atoms with Crippen LogP contribution < -0.4 is 0 Å². The van der Waals surface area contributed by atoms with Gasteiger partial charge in [-0.1, -0.05) is 48.5 Å². The summed E-state index contributed by atoms with van der Waals surface area (Å²) in [4.78, 5) is 8.28. The summed E-state index contributed by atoms with van der Waals surface area (Å²) >= 11 is 0. The fraction of sp³-hybridized carbons (Fsp3) is 0.0408. The molecule has 0 spiro atoms. The largest absolute Gasteiger partial charge is 0.416 e. The van der Waals surface area contributed by atoms with Gasteiger partial charge in [-0.15, -0.1) is 0 Å². The summed E-state index contributed by atoms with van der Waals surface area (Å²) in [6.07, 6.45) is -3.37. The topological polar surface area (TPSA) is 59.4 Å². The average molecular weight is 800 g/mol. The Hall–Kier alpha value is -7.71. The maximum Gasteiger partial charge on any atom is 0.416 e. The average Bonchev–Trinajstić information content (AvgIpc) is 3.78. The van der Waals surface area contributed by atoms with Crippen LogP contribution in [-0.2, 0) is 12.4 Å². The van der Waals surface area contributed by atoms with Crippen LogP contribution in [0.1, 0.15) is 16.7 Å². The molecule has 5 nitrogen and oxygen atoms in total. The number of nitrogens with zero attached hydrogens (tertiary/aromatic N) is 5. The smallest absolute Gasteiger partial charge is 0.308 e. The third kappa shape index (κ3) is 6.03. The third-order valence-corrected chi connectivity index (χ3v) is 11.0. The first kappa shape index (κ1) is 36.6. The monoisotopic (exact) mass is 799 g/mol. The van der Waals surface area contributed by atoms with Gasteiger partial charge in [0.15, 0.2) is 0 Å². The van der Waals surface area contributed by atoms with Gasteiger partial charge in [-0.2, -0.15) is 31.6 Å². The van der Waals surface area contributed by atoms with Crippen LogP contribution in [0, 0.1) is 11.3 Å². The Morgan fingerprint density at radius 3 is 1.22 bits per heavy atom. The van der Waals surface area contributed by atoms with E-state index < -0.39 is 23.5 Å². The molecule has 60 heavy (non-hydrogen) atoms. The van der Waals surface area contributed by atoms with E-state index >= 15 is 0 Å². The molecular weight excluding hydrogens is 773 g/mol. The maximum atomic E-state index is 14.4. The molecule has 0 aliphatic rings. The molecule has 10 rings (SSSR count). The van der Waals surface area contributed by atoms with Crippen molar-refractivity contribution in [2.24, 2.45) is 0 Å². The van der Waals surface area contributed by atoms with Crippen LogP contribution in [-0.4, -0.2) is 19.1 Å². The van der Waals surface area contributed by atoms with E-state index in [-0.39, 0.29) is 34.1 Å². The molecule has 0 aliphatic heterocycles. The molecule has 0 radical (unpaired) electrons. The van der Waals surface area contributed by atoms with Crippen LogP contribution in [0.3, 0.4) is 0 Å². The van der Waals surface area contributed by atoms with E-state index in [1.165, 1.54) is 12.1 Å². The van der Waals surface area contributed by atoms with Crippen molar-refractivity contribution in [2.45, 2.75) is 12.4 Å². The lowest BCUT2D eigenvalue weighted by atomic mass is 9.96. The molecule has 0 aliphatic carbocycles. The second kappa shape index (κ2) is 13.7. The Balaban J connectivity index is 1.33. The van der Waals surface area contributed by atoms with Crippen molar-refractivity contribution in [3.05, 3.63) is 181 Å². The Morgan fingerprint density at radius 2 is 0.800 bits per heavy atom. The molecule has 4 aromatic heterocycles. The predicted molar refractivity (Wildman–Crippen MR) is 222 cm³/mol. The van der Waals surface area contributed by atoms with Gasteiger partial charge in [-0.3, -0.25) is 9.97 Å². The number of para-hydroxylation sites is 2. The lowest BCUT2D eigenvalue weighted by molar-refractivity contribution is -0.143. The molecule has 0 saturated heterocycles. The lowest BCUT2D eigenvalue weighted by Gasteiger charge is -2.20. The highest BCUT2D eigenvalue weighted by atomic mass is 19.4. The van der Waals surface area contributed by atoms with Gasteiger partial charge in [0, 0.05) is 46.3 Å². The van der Waals surface area contributed by atoms with E-state index in [0.717, 1.165) is 55.9 Å². The van der Waals surface area contributed by atoms with E-state index in [1.54, 1.807) is 24.8 Å². The highest BCUT2D eigenvalue weighted by molar-refractivity contribution is 6.12. The van der Waals surface area contributed by atoms with Crippen LogP contribution in [0.5, 0.6) is 0 Å². The van der Waals surface area contributed by atoms with Crippen molar-refractivity contribution >= 4 is 43.6 Å². The maximum absolute atomic E-state index is 14.4. The summed E-state index contributed by atoms with van der Waals surface area (Å²) in [6.45, 7) is 0. The molecule has 11 heteroatoms. The number of fused-ring (bicyclic) bond motifs is 6. The Kier molecular flexibility index (Phi) is 8.36. The molecule has 0 fully saturated rings. The Labute approximate surface area is 337 Å². The molecule has 6 aromatic carbocycles. The lowest BCUT2D eigenvalue weighted by Crippen LogP contribution is -2.11. The minimum absolute atomic E-state index is 0.0503.